The molecule has 11 heteroatoms. The maximum Gasteiger partial charge on any atom is 0.261 e. The summed E-state index contributed by atoms with van der Waals surface area (Å²) < 4.78 is 56.7. The molecule has 2 aliphatic rings. The number of fused-ring (bicyclic) bond motifs is 1. The van der Waals surface area contributed by atoms with Crippen molar-refractivity contribution in [1.29, 1.82) is 0 Å². The fourth-order valence-corrected chi connectivity index (χ4v) is 6.57. The van der Waals surface area contributed by atoms with Crippen LogP contribution in [-0.4, -0.2) is 47.9 Å². The number of carbonyl (C=O) groups is 1. The topological polar surface area (TPSA) is 96.3 Å². The van der Waals surface area contributed by atoms with Crippen LogP contribution in [0, 0.1) is 6.92 Å². The van der Waals surface area contributed by atoms with Crippen molar-refractivity contribution in [3.05, 3.63) is 71.4 Å². The van der Waals surface area contributed by atoms with Crippen LogP contribution in [0.3, 0.4) is 0 Å². The minimum Gasteiger partial charge on any atom is -0.363 e. The van der Waals surface area contributed by atoms with E-state index < -0.39 is 34.4 Å². The standard InChI is InChI=1S/C27H31F2N5O3S/c1-18-6-8-19(9-7-18)23-16-24(25(28)29)34-26(32-23)22(17-30-34)27(35)31-20-10-12-21(13-11-20)38(36,37)33-14-4-2-3-5-15-33/h6-13,17,23-25,32H,2-5,14-16H2,1H3,(H,31,35)/t23-,24+/m1/s1. The number of amides is 1. The van der Waals surface area contributed by atoms with Gasteiger partial charge in [0.1, 0.15) is 17.4 Å². The Morgan fingerprint density at radius 2 is 1.68 bits per heavy atom. The van der Waals surface area contributed by atoms with Gasteiger partial charge in [-0.1, -0.05) is 42.7 Å². The first kappa shape index (κ1) is 26.3. The van der Waals surface area contributed by atoms with Crippen LogP contribution in [0.1, 0.15) is 65.7 Å². The quantitative estimate of drug-likeness (QED) is 0.436. The molecule has 1 amide bonds. The van der Waals surface area contributed by atoms with Crippen molar-refractivity contribution in [1.82, 2.24) is 14.1 Å². The van der Waals surface area contributed by atoms with E-state index in [4.69, 9.17) is 0 Å². The van der Waals surface area contributed by atoms with Crippen molar-refractivity contribution >= 4 is 27.4 Å². The Morgan fingerprint density at radius 1 is 1.03 bits per heavy atom. The van der Waals surface area contributed by atoms with E-state index in [1.807, 2.05) is 31.2 Å². The number of aryl methyl sites for hydroxylation is 1. The molecular formula is C27H31F2N5O3S. The lowest BCUT2D eigenvalue weighted by Gasteiger charge is -2.32. The molecule has 3 aromatic rings. The van der Waals surface area contributed by atoms with E-state index in [1.54, 1.807) is 0 Å². The molecule has 1 aromatic heterocycles. The highest BCUT2D eigenvalue weighted by Gasteiger charge is 2.36. The Balaban J connectivity index is 1.35. The molecule has 0 aliphatic carbocycles. The van der Waals surface area contributed by atoms with Crippen LogP contribution >= 0.6 is 0 Å². The van der Waals surface area contributed by atoms with Gasteiger partial charge in [-0.15, -0.1) is 0 Å². The molecule has 0 saturated carbocycles. The largest absolute Gasteiger partial charge is 0.363 e. The SMILES string of the molecule is Cc1ccc([C@H]2C[C@@H](C(F)F)n3ncc(C(=O)Nc4ccc(S(=O)(=O)N5CCCCCC5)cc4)c3N2)cc1. The van der Waals surface area contributed by atoms with Gasteiger partial charge in [-0.3, -0.25) is 4.79 Å². The number of anilines is 2. The molecule has 2 atom stereocenters. The first-order valence-corrected chi connectivity index (χ1v) is 14.3. The molecule has 2 aliphatic heterocycles. The Morgan fingerprint density at radius 3 is 2.32 bits per heavy atom. The number of halogens is 2. The Labute approximate surface area is 221 Å². The van der Waals surface area contributed by atoms with Crippen LogP contribution in [0.4, 0.5) is 20.3 Å². The monoisotopic (exact) mass is 543 g/mol. The van der Waals surface area contributed by atoms with Crippen LogP contribution < -0.4 is 10.6 Å². The molecule has 0 spiro atoms. The average Bonchev–Trinajstić information content (AvgIpc) is 3.13. The predicted octanol–water partition coefficient (Wildman–Crippen LogP) is 5.37. The number of benzene rings is 2. The van der Waals surface area contributed by atoms with Crippen LogP contribution in [0.2, 0.25) is 0 Å². The van der Waals surface area contributed by atoms with Gasteiger partial charge in [-0.25, -0.2) is 21.9 Å². The minimum atomic E-state index is -3.61. The van der Waals surface area contributed by atoms with Gasteiger partial charge in [0.15, 0.2) is 0 Å². The van der Waals surface area contributed by atoms with Crippen LogP contribution in [-0.2, 0) is 10.0 Å². The zero-order valence-corrected chi connectivity index (χ0v) is 21.9. The summed E-state index contributed by atoms with van der Waals surface area (Å²) >= 11 is 0. The summed E-state index contributed by atoms with van der Waals surface area (Å²) in [5.41, 5.74) is 2.43. The molecule has 202 valence electrons. The van der Waals surface area contributed by atoms with Crippen molar-refractivity contribution in [2.75, 3.05) is 23.7 Å². The van der Waals surface area contributed by atoms with E-state index >= 15 is 0 Å². The molecule has 0 radical (unpaired) electrons. The van der Waals surface area contributed by atoms with Crippen molar-refractivity contribution in [2.24, 2.45) is 0 Å². The fraction of sp³-hybridized carbons (Fsp3) is 0.407. The third-order valence-electron chi connectivity index (χ3n) is 7.23. The molecule has 2 aromatic carbocycles. The van der Waals surface area contributed by atoms with Crippen LogP contribution in [0.25, 0.3) is 0 Å². The maximum atomic E-state index is 14.0. The number of hydrogen-bond acceptors (Lipinski definition) is 5. The summed E-state index contributed by atoms with van der Waals surface area (Å²) in [4.78, 5) is 13.3. The number of rotatable bonds is 6. The van der Waals surface area contributed by atoms with E-state index in [2.05, 4.69) is 15.7 Å². The van der Waals surface area contributed by atoms with Gasteiger partial charge in [0.25, 0.3) is 12.3 Å². The molecule has 3 heterocycles. The lowest BCUT2D eigenvalue weighted by atomic mass is 9.96. The van der Waals surface area contributed by atoms with Crippen molar-refractivity contribution in [3.8, 4) is 0 Å². The first-order chi connectivity index (χ1) is 18.2. The van der Waals surface area contributed by atoms with E-state index in [9.17, 15) is 22.0 Å². The van der Waals surface area contributed by atoms with Gasteiger partial charge in [0.05, 0.1) is 17.1 Å². The highest BCUT2D eigenvalue weighted by Crippen LogP contribution is 2.39. The lowest BCUT2D eigenvalue weighted by Crippen LogP contribution is -2.32. The average molecular weight is 544 g/mol. The number of alkyl halides is 2. The molecule has 1 saturated heterocycles. The molecule has 0 bridgehead atoms. The highest BCUT2D eigenvalue weighted by molar-refractivity contribution is 7.89. The normalized spacial score (nSPS) is 20.4. The summed E-state index contributed by atoms with van der Waals surface area (Å²) in [5, 5.41) is 10.1. The van der Waals surface area contributed by atoms with Crippen molar-refractivity contribution in [2.45, 2.75) is 62.4 Å². The number of carbonyl (C=O) groups excluding carboxylic acids is 1. The molecule has 1 fully saturated rings. The highest BCUT2D eigenvalue weighted by atomic mass is 32.2. The smallest absolute Gasteiger partial charge is 0.261 e. The van der Waals surface area contributed by atoms with Crippen LogP contribution in [0.15, 0.2) is 59.6 Å². The van der Waals surface area contributed by atoms with Crippen LogP contribution in [0.5, 0.6) is 0 Å². The first-order valence-electron chi connectivity index (χ1n) is 12.8. The summed E-state index contributed by atoms with van der Waals surface area (Å²) in [7, 11) is -3.61. The zero-order valence-electron chi connectivity index (χ0n) is 21.1. The van der Waals surface area contributed by atoms with Crippen molar-refractivity contribution < 1.29 is 22.0 Å². The summed E-state index contributed by atoms with van der Waals surface area (Å²) in [6.45, 7) is 2.96. The number of aromatic nitrogens is 2. The molecule has 2 N–H and O–H groups in total. The molecule has 38 heavy (non-hydrogen) atoms. The van der Waals surface area contributed by atoms with Gasteiger partial charge in [0.2, 0.25) is 10.0 Å². The number of nitrogens with one attached hydrogen (secondary N) is 2. The fourth-order valence-electron chi connectivity index (χ4n) is 5.06. The third-order valence-corrected chi connectivity index (χ3v) is 9.14. The predicted molar refractivity (Wildman–Crippen MR) is 141 cm³/mol. The van der Waals surface area contributed by atoms with Crippen molar-refractivity contribution in [3.63, 3.8) is 0 Å². The molecule has 5 rings (SSSR count). The van der Waals surface area contributed by atoms with E-state index in [-0.39, 0.29) is 22.7 Å². The second-order valence-corrected chi connectivity index (χ2v) is 11.8. The Kier molecular flexibility index (Phi) is 7.49. The van der Waals surface area contributed by atoms with Gasteiger partial charge < -0.3 is 10.6 Å². The van der Waals surface area contributed by atoms with E-state index in [0.29, 0.717) is 18.8 Å². The number of hydrogen-bond donors (Lipinski definition) is 2. The Hall–Kier alpha value is -3.31. The second kappa shape index (κ2) is 10.8. The Bertz CT molecular complexity index is 1380. The summed E-state index contributed by atoms with van der Waals surface area (Å²) in [6, 6.07) is 12.0. The third kappa shape index (κ3) is 5.30. The van der Waals surface area contributed by atoms with E-state index in [1.165, 1.54) is 39.4 Å². The number of nitrogens with zero attached hydrogens (tertiary/aromatic N) is 3. The minimum absolute atomic E-state index is 0.128. The molecular weight excluding hydrogens is 512 g/mol. The lowest BCUT2D eigenvalue weighted by molar-refractivity contribution is 0.0657. The zero-order chi connectivity index (χ0) is 26.9. The summed E-state index contributed by atoms with van der Waals surface area (Å²) in [6.07, 6.45) is 2.48. The van der Waals surface area contributed by atoms with Gasteiger partial charge in [-0.05, 0) is 56.0 Å². The summed E-state index contributed by atoms with van der Waals surface area (Å²) in [5.74, 6) is -0.301. The number of sulfonamides is 1. The van der Waals surface area contributed by atoms with E-state index in [0.717, 1.165) is 36.8 Å². The molecule has 8 nitrogen and oxygen atoms in total. The van der Waals surface area contributed by atoms with Gasteiger partial charge >= 0.3 is 0 Å². The second-order valence-electron chi connectivity index (χ2n) is 9.89. The maximum absolute atomic E-state index is 14.0. The molecule has 0 unspecified atom stereocenters. The van der Waals surface area contributed by atoms with Gasteiger partial charge in [0, 0.05) is 18.8 Å². The van der Waals surface area contributed by atoms with Gasteiger partial charge in [-0.2, -0.15) is 9.40 Å².